The number of anilines is 1. The number of hydrogen-bond acceptors (Lipinski definition) is 8. The van der Waals surface area contributed by atoms with Crippen LogP contribution in [-0.4, -0.2) is 35.1 Å². The summed E-state index contributed by atoms with van der Waals surface area (Å²) >= 11 is 1.37. The molecule has 4 aromatic rings. The van der Waals surface area contributed by atoms with Crippen LogP contribution >= 0.6 is 11.9 Å². The molecular formula is C24H24FN5O4S. The number of hydrogen-bond donors (Lipinski definition) is 2. The highest BCUT2D eigenvalue weighted by atomic mass is 32.2. The van der Waals surface area contributed by atoms with Gasteiger partial charge in [-0.2, -0.15) is 5.10 Å². The van der Waals surface area contributed by atoms with Gasteiger partial charge in [0.1, 0.15) is 16.9 Å². The van der Waals surface area contributed by atoms with Gasteiger partial charge in [0.25, 0.3) is 5.91 Å². The maximum Gasteiger partial charge on any atom is 0.279 e. The number of nitrogens with one attached hydrogen (secondary N) is 2. The number of fused-ring (bicyclic) bond motifs is 1. The van der Waals surface area contributed by atoms with E-state index in [2.05, 4.69) is 26.9 Å². The highest BCUT2D eigenvalue weighted by Gasteiger charge is 2.17. The monoisotopic (exact) mass is 497 g/mol. The molecule has 0 aliphatic heterocycles. The summed E-state index contributed by atoms with van der Waals surface area (Å²) in [5, 5.41) is 11.6. The van der Waals surface area contributed by atoms with Crippen molar-refractivity contribution < 1.29 is 23.2 Å². The molecule has 0 radical (unpaired) electrons. The predicted octanol–water partition coefficient (Wildman–Crippen LogP) is 4.62. The third-order valence-corrected chi connectivity index (χ3v) is 5.96. The zero-order valence-corrected chi connectivity index (χ0v) is 20.2. The van der Waals surface area contributed by atoms with E-state index in [0.29, 0.717) is 29.1 Å². The lowest BCUT2D eigenvalue weighted by atomic mass is 10.1. The summed E-state index contributed by atoms with van der Waals surface area (Å²) in [5.74, 6) is 0.00224. The maximum atomic E-state index is 12.8. The second kappa shape index (κ2) is 10.5. The molecule has 0 spiro atoms. The molecule has 1 amide bonds. The lowest BCUT2D eigenvalue weighted by molar-refractivity contribution is -0.119. The minimum Gasteiger partial charge on any atom is -0.496 e. The van der Waals surface area contributed by atoms with Crippen molar-refractivity contribution in [3.8, 4) is 11.5 Å². The van der Waals surface area contributed by atoms with Gasteiger partial charge in [-0.15, -0.1) is 0 Å². The number of amides is 1. The van der Waals surface area contributed by atoms with Crippen molar-refractivity contribution in [1.82, 2.24) is 20.3 Å². The number of carbonyl (C=O) groups excluding carboxylic acids is 1. The Morgan fingerprint density at radius 2 is 2.00 bits per heavy atom. The van der Waals surface area contributed by atoms with Crippen molar-refractivity contribution in [1.29, 1.82) is 0 Å². The van der Waals surface area contributed by atoms with Gasteiger partial charge in [-0.05, 0) is 54.3 Å². The smallest absolute Gasteiger partial charge is 0.279 e. The SMILES string of the molecule is C=C(F)C(=O)NCc1cnn(Cc2cc(OC)c3c(NSc4cc(C)ccc4OC)noc3c2)c1. The number of ether oxygens (including phenoxy) is 2. The van der Waals surface area contributed by atoms with E-state index in [-0.39, 0.29) is 6.54 Å². The summed E-state index contributed by atoms with van der Waals surface area (Å²) in [7, 11) is 3.21. The lowest BCUT2D eigenvalue weighted by Gasteiger charge is -2.10. The summed E-state index contributed by atoms with van der Waals surface area (Å²) in [4.78, 5) is 12.2. The molecule has 4 rings (SSSR count). The molecule has 35 heavy (non-hydrogen) atoms. The summed E-state index contributed by atoms with van der Waals surface area (Å²) in [6.45, 7) is 5.55. The Morgan fingerprint density at radius 1 is 1.20 bits per heavy atom. The van der Waals surface area contributed by atoms with Crippen LogP contribution in [0.25, 0.3) is 11.0 Å². The first-order chi connectivity index (χ1) is 16.9. The van der Waals surface area contributed by atoms with Gasteiger partial charge in [-0.1, -0.05) is 17.8 Å². The molecule has 0 atom stereocenters. The Balaban J connectivity index is 1.50. The van der Waals surface area contributed by atoms with Gasteiger partial charge in [0, 0.05) is 18.3 Å². The molecule has 0 bridgehead atoms. The summed E-state index contributed by atoms with van der Waals surface area (Å²) in [5.41, 5.74) is 3.27. The van der Waals surface area contributed by atoms with Crippen molar-refractivity contribution in [2.24, 2.45) is 0 Å². The lowest BCUT2D eigenvalue weighted by Crippen LogP contribution is -2.22. The Kier molecular flexibility index (Phi) is 7.25. The quantitative estimate of drug-likeness (QED) is 0.242. The summed E-state index contributed by atoms with van der Waals surface area (Å²) in [6.07, 6.45) is 3.36. The van der Waals surface area contributed by atoms with E-state index < -0.39 is 11.7 Å². The van der Waals surface area contributed by atoms with E-state index in [0.717, 1.165) is 27.3 Å². The fourth-order valence-corrected chi connectivity index (χ4v) is 4.27. The fourth-order valence-electron chi connectivity index (χ4n) is 3.43. The minimum absolute atomic E-state index is 0.144. The standard InChI is InChI=1S/C24H24FN5O4S/c1-14-5-6-18(32-3)21(7-14)35-29-23-22-19(33-4)8-16(9-20(22)34-28-23)12-30-13-17(11-27-30)10-26-24(31)15(2)25/h5-9,11,13H,2,10,12H2,1,3-4H3,(H,26,31)(H,28,29). The molecule has 11 heteroatoms. The highest BCUT2D eigenvalue weighted by Crippen LogP contribution is 2.37. The van der Waals surface area contributed by atoms with Crippen molar-refractivity contribution in [2.45, 2.75) is 24.9 Å². The van der Waals surface area contributed by atoms with Gasteiger partial charge in [-0.3, -0.25) is 9.48 Å². The number of carbonyl (C=O) groups is 1. The number of nitrogens with zero attached hydrogens (tertiary/aromatic N) is 3. The van der Waals surface area contributed by atoms with E-state index in [1.54, 1.807) is 31.3 Å². The highest BCUT2D eigenvalue weighted by molar-refractivity contribution is 8.00. The normalized spacial score (nSPS) is 10.9. The third kappa shape index (κ3) is 5.57. The second-order valence-electron chi connectivity index (χ2n) is 7.69. The van der Waals surface area contributed by atoms with Crippen LogP contribution < -0.4 is 19.5 Å². The van der Waals surface area contributed by atoms with Gasteiger partial charge in [0.15, 0.2) is 17.2 Å². The molecule has 0 unspecified atom stereocenters. The van der Waals surface area contributed by atoms with Crippen molar-refractivity contribution in [3.05, 3.63) is 71.8 Å². The third-order valence-electron chi connectivity index (χ3n) is 5.13. The van der Waals surface area contributed by atoms with Crippen LogP contribution in [0.4, 0.5) is 10.2 Å². The van der Waals surface area contributed by atoms with Crippen molar-refractivity contribution in [2.75, 3.05) is 18.9 Å². The Hall–Kier alpha value is -3.99. The van der Waals surface area contributed by atoms with Crippen LogP contribution in [0.5, 0.6) is 11.5 Å². The van der Waals surface area contributed by atoms with E-state index in [9.17, 15) is 9.18 Å². The molecule has 2 aromatic heterocycles. The molecule has 0 aliphatic carbocycles. The average molecular weight is 498 g/mol. The van der Waals surface area contributed by atoms with E-state index >= 15 is 0 Å². The van der Waals surface area contributed by atoms with Crippen LogP contribution in [0.15, 0.2) is 64.5 Å². The summed E-state index contributed by atoms with van der Waals surface area (Å²) < 4.78 is 34.4. The molecule has 2 N–H and O–H groups in total. The van der Waals surface area contributed by atoms with Gasteiger partial charge < -0.3 is 24.0 Å². The van der Waals surface area contributed by atoms with Gasteiger partial charge in [0.05, 0.1) is 31.9 Å². The maximum absolute atomic E-state index is 12.8. The number of methoxy groups -OCH3 is 2. The molecular weight excluding hydrogens is 473 g/mol. The molecule has 0 fully saturated rings. The zero-order chi connectivity index (χ0) is 24.9. The van der Waals surface area contributed by atoms with Crippen molar-refractivity contribution in [3.63, 3.8) is 0 Å². The molecule has 182 valence electrons. The molecule has 0 saturated carbocycles. The van der Waals surface area contributed by atoms with Crippen LogP contribution in [-0.2, 0) is 17.9 Å². The molecule has 2 heterocycles. The molecule has 0 aliphatic rings. The Labute approximate surface area is 205 Å². The Morgan fingerprint density at radius 3 is 2.74 bits per heavy atom. The van der Waals surface area contributed by atoms with E-state index in [1.807, 2.05) is 37.3 Å². The topological polar surface area (TPSA) is 103 Å². The number of benzene rings is 2. The van der Waals surface area contributed by atoms with Crippen LogP contribution in [0, 0.1) is 6.92 Å². The van der Waals surface area contributed by atoms with Gasteiger partial charge >= 0.3 is 0 Å². The fraction of sp³-hybridized carbons (Fsp3) is 0.208. The Bertz CT molecular complexity index is 1380. The zero-order valence-electron chi connectivity index (χ0n) is 19.4. The van der Waals surface area contributed by atoms with E-state index in [4.69, 9.17) is 14.0 Å². The molecule has 0 saturated heterocycles. The first-order valence-corrected chi connectivity index (χ1v) is 11.4. The number of aromatic nitrogens is 3. The largest absolute Gasteiger partial charge is 0.496 e. The first-order valence-electron chi connectivity index (χ1n) is 10.6. The molecule has 2 aromatic carbocycles. The minimum atomic E-state index is -1.03. The number of aryl methyl sites for hydroxylation is 1. The van der Waals surface area contributed by atoms with E-state index in [1.165, 1.54) is 11.9 Å². The number of halogens is 1. The van der Waals surface area contributed by atoms with Crippen LogP contribution in [0.1, 0.15) is 16.7 Å². The van der Waals surface area contributed by atoms with Gasteiger partial charge in [-0.25, -0.2) is 4.39 Å². The predicted molar refractivity (Wildman–Crippen MR) is 131 cm³/mol. The van der Waals surface area contributed by atoms with Crippen LogP contribution in [0.3, 0.4) is 0 Å². The van der Waals surface area contributed by atoms with Crippen molar-refractivity contribution >= 4 is 34.6 Å². The summed E-state index contributed by atoms with van der Waals surface area (Å²) in [6, 6.07) is 9.67. The van der Waals surface area contributed by atoms with Gasteiger partial charge in [0.2, 0.25) is 0 Å². The number of rotatable bonds is 10. The molecule has 9 nitrogen and oxygen atoms in total. The second-order valence-corrected chi connectivity index (χ2v) is 8.54. The van der Waals surface area contributed by atoms with Crippen LogP contribution in [0.2, 0.25) is 0 Å². The first kappa shape index (κ1) is 24.1. The average Bonchev–Trinajstić information content (AvgIpc) is 3.47.